The lowest BCUT2D eigenvalue weighted by Gasteiger charge is -2.26. The van der Waals surface area contributed by atoms with Crippen molar-refractivity contribution in [1.82, 2.24) is 18.9 Å². The number of halogens is 3. The Bertz CT molecular complexity index is 1450. The van der Waals surface area contributed by atoms with Crippen LogP contribution in [-0.2, 0) is 12.7 Å². The van der Waals surface area contributed by atoms with Crippen molar-refractivity contribution in [3.63, 3.8) is 0 Å². The summed E-state index contributed by atoms with van der Waals surface area (Å²) >= 11 is 1.54. The summed E-state index contributed by atoms with van der Waals surface area (Å²) in [6, 6.07) is 8.49. The molecule has 4 heterocycles. The minimum atomic E-state index is -4.58. The maximum absolute atomic E-state index is 14.1. The quantitative estimate of drug-likeness (QED) is 0.323. The molecule has 9 heteroatoms. The van der Waals surface area contributed by atoms with E-state index in [2.05, 4.69) is 16.0 Å². The lowest BCUT2D eigenvalue weighted by molar-refractivity contribution is -0.136. The van der Waals surface area contributed by atoms with E-state index in [1.54, 1.807) is 18.5 Å². The average Bonchev–Trinajstić information content (AvgIpc) is 3.47. The maximum Gasteiger partial charge on any atom is 0.418 e. The Hall–Kier alpha value is -3.17. The summed E-state index contributed by atoms with van der Waals surface area (Å²) in [5, 5.41) is 2.83. The molecule has 0 saturated heterocycles. The SMILES string of the molecule is CC1=CCCN(Cc2cc(C(F)(F)F)c3cn(-c4cccc([C@H](C)c5nccs5)c4)c(=O)n3c2)C1. The third-order valence-corrected chi connectivity index (χ3v) is 7.37. The molecule has 1 aromatic carbocycles. The molecule has 5 nitrogen and oxygen atoms in total. The molecule has 35 heavy (non-hydrogen) atoms. The number of rotatable bonds is 5. The molecule has 0 fully saturated rings. The fraction of sp³-hybridized carbons (Fsp3) is 0.308. The zero-order valence-electron chi connectivity index (χ0n) is 19.4. The van der Waals surface area contributed by atoms with Crippen molar-refractivity contribution in [2.45, 2.75) is 38.9 Å². The second kappa shape index (κ2) is 9.13. The molecule has 0 bridgehead atoms. The third kappa shape index (κ3) is 4.70. The molecule has 0 saturated carbocycles. The van der Waals surface area contributed by atoms with Crippen molar-refractivity contribution >= 4 is 16.9 Å². The van der Waals surface area contributed by atoms with Gasteiger partial charge in [0.05, 0.1) is 21.8 Å². The van der Waals surface area contributed by atoms with Crippen LogP contribution in [0.25, 0.3) is 11.2 Å². The molecule has 5 rings (SSSR count). The summed E-state index contributed by atoms with van der Waals surface area (Å²) in [6.45, 7) is 5.87. The van der Waals surface area contributed by atoms with Crippen LogP contribution in [-0.4, -0.2) is 31.9 Å². The van der Waals surface area contributed by atoms with Gasteiger partial charge >= 0.3 is 11.9 Å². The number of alkyl halides is 3. The molecule has 1 aliphatic heterocycles. The highest BCUT2D eigenvalue weighted by molar-refractivity contribution is 7.09. The van der Waals surface area contributed by atoms with Gasteiger partial charge in [0.25, 0.3) is 0 Å². The van der Waals surface area contributed by atoms with Crippen molar-refractivity contribution in [3.8, 4) is 5.69 Å². The van der Waals surface area contributed by atoms with Gasteiger partial charge in [-0.3, -0.25) is 13.9 Å². The maximum atomic E-state index is 14.1. The molecule has 4 aromatic rings. The van der Waals surface area contributed by atoms with E-state index in [1.165, 1.54) is 33.7 Å². The van der Waals surface area contributed by atoms with Crippen LogP contribution in [0.15, 0.2) is 70.7 Å². The van der Waals surface area contributed by atoms with Crippen LogP contribution in [0.1, 0.15) is 47.9 Å². The van der Waals surface area contributed by atoms with Crippen LogP contribution in [0.5, 0.6) is 0 Å². The van der Waals surface area contributed by atoms with Crippen LogP contribution >= 0.6 is 11.3 Å². The number of nitrogens with zero attached hydrogens (tertiary/aromatic N) is 4. The number of hydrogen-bond acceptors (Lipinski definition) is 4. The predicted molar refractivity (Wildman–Crippen MR) is 131 cm³/mol. The number of aromatic nitrogens is 3. The molecule has 0 unspecified atom stereocenters. The number of imidazole rings is 1. The molecule has 3 aromatic heterocycles. The van der Waals surface area contributed by atoms with Gasteiger partial charge in [0.1, 0.15) is 0 Å². The summed E-state index contributed by atoms with van der Waals surface area (Å²) in [5.41, 5.74) is 1.63. The summed E-state index contributed by atoms with van der Waals surface area (Å²) in [6.07, 6.45) is 3.00. The van der Waals surface area contributed by atoms with Crippen LogP contribution in [0.2, 0.25) is 0 Å². The van der Waals surface area contributed by atoms with Crippen molar-refractivity contribution < 1.29 is 13.2 Å². The summed E-state index contributed by atoms with van der Waals surface area (Å²) < 4.78 is 44.6. The highest BCUT2D eigenvalue weighted by atomic mass is 32.1. The first kappa shape index (κ1) is 23.6. The first-order chi connectivity index (χ1) is 16.7. The van der Waals surface area contributed by atoms with E-state index in [9.17, 15) is 18.0 Å². The monoisotopic (exact) mass is 498 g/mol. The Kier molecular flexibility index (Phi) is 6.14. The highest BCUT2D eigenvalue weighted by Crippen LogP contribution is 2.34. The standard InChI is InChI=1S/C26H25F3N4OS/c1-17-5-4-9-31(13-17)14-19-11-22(26(27,28)29)23-16-32(25(34)33(23)15-19)21-7-3-6-20(12-21)18(2)24-30-8-10-35-24/h3,5-8,10-12,15-16,18H,4,9,13-14H2,1-2H3/t18-/m0/s1. The van der Waals surface area contributed by atoms with Gasteiger partial charge in [-0.1, -0.05) is 30.7 Å². The Balaban J connectivity index is 1.58. The second-order valence-electron chi connectivity index (χ2n) is 9.03. The van der Waals surface area contributed by atoms with Gasteiger partial charge in [-0.25, -0.2) is 9.78 Å². The van der Waals surface area contributed by atoms with E-state index in [0.29, 0.717) is 24.3 Å². The van der Waals surface area contributed by atoms with E-state index in [-0.39, 0.29) is 11.4 Å². The van der Waals surface area contributed by atoms with Gasteiger partial charge in [-0.2, -0.15) is 13.2 Å². The lowest BCUT2D eigenvalue weighted by Crippen LogP contribution is -2.29. The first-order valence-electron chi connectivity index (χ1n) is 11.4. The van der Waals surface area contributed by atoms with Gasteiger partial charge in [0, 0.05) is 49.5 Å². The van der Waals surface area contributed by atoms with E-state index >= 15 is 0 Å². The minimum Gasteiger partial charge on any atom is -0.295 e. The zero-order chi connectivity index (χ0) is 24.7. The van der Waals surface area contributed by atoms with Crippen LogP contribution in [0.3, 0.4) is 0 Å². The first-order valence-corrected chi connectivity index (χ1v) is 12.3. The lowest BCUT2D eigenvalue weighted by atomic mass is 10.0. The predicted octanol–water partition coefficient (Wildman–Crippen LogP) is 5.87. The largest absolute Gasteiger partial charge is 0.418 e. The van der Waals surface area contributed by atoms with Crippen molar-refractivity contribution in [3.05, 3.63) is 98.1 Å². The van der Waals surface area contributed by atoms with Gasteiger partial charge in [0.2, 0.25) is 0 Å². The van der Waals surface area contributed by atoms with Crippen molar-refractivity contribution in [2.24, 2.45) is 0 Å². The molecule has 0 radical (unpaired) electrons. The van der Waals surface area contributed by atoms with Crippen molar-refractivity contribution in [2.75, 3.05) is 13.1 Å². The Morgan fingerprint density at radius 2 is 2.03 bits per heavy atom. The molecule has 0 aliphatic carbocycles. The van der Waals surface area contributed by atoms with Crippen molar-refractivity contribution in [1.29, 1.82) is 0 Å². The normalized spacial score (nSPS) is 16.0. The molecular formula is C26H25F3N4OS. The number of hydrogen-bond donors (Lipinski definition) is 0. The van der Waals surface area contributed by atoms with Gasteiger partial charge in [-0.05, 0) is 42.7 Å². The van der Waals surface area contributed by atoms with E-state index in [4.69, 9.17) is 0 Å². The minimum absolute atomic E-state index is 0.00192. The second-order valence-corrected chi connectivity index (χ2v) is 9.96. The molecule has 0 spiro atoms. The Labute approximate surface area is 204 Å². The summed E-state index contributed by atoms with van der Waals surface area (Å²) in [4.78, 5) is 19.8. The Morgan fingerprint density at radius 3 is 2.74 bits per heavy atom. The molecule has 182 valence electrons. The zero-order valence-corrected chi connectivity index (χ0v) is 20.2. The van der Waals surface area contributed by atoms with Crippen LogP contribution in [0, 0.1) is 0 Å². The van der Waals surface area contributed by atoms with E-state index < -0.39 is 17.4 Å². The van der Waals surface area contributed by atoms with Crippen LogP contribution < -0.4 is 5.69 Å². The van der Waals surface area contributed by atoms with E-state index in [1.807, 2.05) is 37.4 Å². The van der Waals surface area contributed by atoms with Gasteiger partial charge in [0.15, 0.2) is 0 Å². The highest BCUT2D eigenvalue weighted by Gasteiger charge is 2.34. The smallest absolute Gasteiger partial charge is 0.295 e. The van der Waals surface area contributed by atoms with Gasteiger partial charge in [-0.15, -0.1) is 11.3 Å². The number of thiazole rings is 1. The van der Waals surface area contributed by atoms with E-state index in [0.717, 1.165) is 27.9 Å². The molecule has 1 aliphatic rings. The number of benzene rings is 1. The topological polar surface area (TPSA) is 42.5 Å². The molecular weight excluding hydrogens is 473 g/mol. The fourth-order valence-electron chi connectivity index (χ4n) is 4.66. The fourth-order valence-corrected chi connectivity index (χ4v) is 5.38. The average molecular weight is 499 g/mol. The number of pyridine rings is 1. The number of fused-ring (bicyclic) bond motifs is 1. The Morgan fingerprint density at radius 1 is 1.20 bits per heavy atom. The van der Waals surface area contributed by atoms with Gasteiger partial charge < -0.3 is 0 Å². The molecule has 0 amide bonds. The summed E-state index contributed by atoms with van der Waals surface area (Å²) in [5.74, 6) is 0.00192. The summed E-state index contributed by atoms with van der Waals surface area (Å²) in [7, 11) is 0. The molecule has 1 atom stereocenters. The molecule has 0 N–H and O–H groups in total. The van der Waals surface area contributed by atoms with Crippen LogP contribution in [0.4, 0.5) is 13.2 Å². The third-order valence-electron chi connectivity index (χ3n) is 6.42.